The van der Waals surface area contributed by atoms with Crippen LogP contribution in [-0.2, 0) is 0 Å². The molecule has 6 heteroatoms. The molecule has 15 rings (SSSR count). The monoisotopic (exact) mass is 904 g/mol. The van der Waals surface area contributed by atoms with Crippen molar-refractivity contribution in [3.63, 3.8) is 0 Å². The Morgan fingerprint density at radius 2 is 0.700 bits per heavy atom. The van der Waals surface area contributed by atoms with Crippen LogP contribution in [0.15, 0.2) is 242 Å². The molecule has 0 N–H and O–H groups in total. The minimum Gasteiger partial charge on any atom is -0.309 e. The number of hydrogen-bond acceptors (Lipinski definition) is 2. The Morgan fingerprint density at radius 3 is 1.19 bits per heavy atom. The lowest BCUT2D eigenvalue weighted by atomic mass is 9.96. The van der Waals surface area contributed by atoms with Crippen molar-refractivity contribution in [2.24, 2.45) is 0 Å². The first-order valence-corrected chi connectivity index (χ1v) is 22.9. The summed E-state index contributed by atoms with van der Waals surface area (Å²) in [6.07, 6.45) is 0. The van der Waals surface area contributed by atoms with Crippen LogP contribution in [0, 0.1) is 0 Å². The highest BCUT2D eigenvalue weighted by Gasteiger charge is 2.25. The Labute approximate surface area is 418 Å². The summed E-state index contributed by atoms with van der Waals surface area (Å²) in [5.41, 5.74) is 7.54. The summed E-state index contributed by atoms with van der Waals surface area (Å²) in [4.78, 5) is 10.9. The van der Waals surface area contributed by atoms with Gasteiger partial charge in [0.1, 0.15) is 11.6 Å². The molecule has 0 atom stereocenters. The van der Waals surface area contributed by atoms with Crippen LogP contribution in [-0.4, -0.2) is 28.2 Å². The van der Waals surface area contributed by atoms with Crippen molar-refractivity contribution in [3.8, 4) is 45.5 Å². The van der Waals surface area contributed by atoms with Crippen LogP contribution in [0.1, 0.15) is 16.4 Å². The molecule has 5 aromatic heterocycles. The van der Waals surface area contributed by atoms with E-state index in [1.807, 2.05) is 91.0 Å². The second-order valence-corrected chi connectivity index (χ2v) is 17.3. The third-order valence-electron chi connectivity index (χ3n) is 13.6. The summed E-state index contributed by atoms with van der Waals surface area (Å²) in [5, 5.41) is 4.64. The summed E-state index contributed by atoms with van der Waals surface area (Å²) in [7, 11) is 0. The van der Waals surface area contributed by atoms with E-state index < -0.39 is 60.4 Å². The molecule has 15 aromatic rings. The van der Waals surface area contributed by atoms with Crippen LogP contribution in [0.25, 0.3) is 133 Å². The first kappa shape index (κ1) is 28.6. The minimum absolute atomic E-state index is 0.0634. The zero-order valence-corrected chi connectivity index (χ0v) is 36.8. The summed E-state index contributed by atoms with van der Waals surface area (Å²) in [5.74, 6) is 0.0824. The van der Waals surface area contributed by atoms with Gasteiger partial charge in [-0.05, 0) is 77.8 Å². The van der Waals surface area contributed by atoms with Gasteiger partial charge in [0.15, 0.2) is 5.82 Å². The predicted molar refractivity (Wildman–Crippen MR) is 290 cm³/mol. The van der Waals surface area contributed by atoms with Gasteiger partial charge in [-0.2, -0.15) is 0 Å². The van der Waals surface area contributed by atoms with E-state index in [0.29, 0.717) is 27.7 Å². The lowest BCUT2D eigenvalue weighted by Crippen LogP contribution is -2.08. The van der Waals surface area contributed by atoms with E-state index >= 15 is 0 Å². The Morgan fingerprint density at radius 1 is 0.314 bits per heavy atom. The van der Waals surface area contributed by atoms with Gasteiger partial charge in [0.05, 0.1) is 71.8 Å². The molecular formula is C64H40N6. The maximum Gasteiger partial charge on any atom is 0.166 e. The first-order chi connectivity index (χ1) is 39.7. The van der Waals surface area contributed by atoms with Gasteiger partial charge in [0.25, 0.3) is 0 Å². The van der Waals surface area contributed by atoms with E-state index in [4.69, 9.17) is 18.2 Å². The summed E-state index contributed by atoms with van der Waals surface area (Å²) >= 11 is 0. The van der Waals surface area contributed by atoms with E-state index in [1.165, 1.54) is 10.6 Å². The molecule has 0 aliphatic rings. The summed E-state index contributed by atoms with van der Waals surface area (Å²) in [6.45, 7) is 0. The Balaban J connectivity index is 1.12. The first-order valence-electron chi connectivity index (χ1n) is 28.9. The molecule has 5 heterocycles. The van der Waals surface area contributed by atoms with E-state index in [2.05, 4.69) is 57.7 Å². The van der Waals surface area contributed by atoms with Crippen molar-refractivity contribution >= 4 is 87.2 Å². The minimum atomic E-state index is -0.604. The van der Waals surface area contributed by atoms with Crippen molar-refractivity contribution in [2.75, 3.05) is 0 Å². The number of aromatic nitrogens is 6. The predicted octanol–water partition coefficient (Wildman–Crippen LogP) is 16.2. The summed E-state index contributed by atoms with van der Waals surface area (Å²) < 4.78 is 117. The Bertz CT molecular complexity index is 5150. The average molecular weight is 905 g/mol. The highest BCUT2D eigenvalue weighted by molar-refractivity contribution is 6.13. The normalized spacial score (nSPS) is 14.4. The molecule has 10 aromatic carbocycles. The van der Waals surface area contributed by atoms with E-state index in [0.717, 1.165) is 54.9 Å². The lowest BCUT2D eigenvalue weighted by Gasteiger charge is -2.20. The number of fused-ring (bicyclic) bond motifs is 12. The highest BCUT2D eigenvalue weighted by Crippen LogP contribution is 2.43. The summed E-state index contributed by atoms with van der Waals surface area (Å²) in [6, 6.07) is 49.5. The molecule has 70 heavy (non-hydrogen) atoms. The molecule has 0 aliphatic carbocycles. The number of rotatable bonds is 6. The maximum absolute atomic E-state index is 9.54. The van der Waals surface area contributed by atoms with Gasteiger partial charge in [-0.25, -0.2) is 9.97 Å². The van der Waals surface area contributed by atoms with Gasteiger partial charge in [-0.3, -0.25) is 9.13 Å². The fourth-order valence-electron chi connectivity index (χ4n) is 10.7. The number of benzene rings is 10. The van der Waals surface area contributed by atoms with Gasteiger partial charge in [-0.1, -0.05) is 170 Å². The zero-order valence-electron chi connectivity index (χ0n) is 48.8. The number of nitrogens with zero attached hydrogens (tertiary/aromatic N) is 6. The smallest absolute Gasteiger partial charge is 0.166 e. The van der Waals surface area contributed by atoms with Gasteiger partial charge in [0, 0.05) is 54.8 Å². The molecule has 0 saturated carbocycles. The average Bonchev–Trinajstić information content (AvgIpc) is 4.45. The molecular weight excluding hydrogens is 853 g/mol. The highest BCUT2D eigenvalue weighted by atomic mass is 15.2. The molecule has 6 nitrogen and oxygen atoms in total. The van der Waals surface area contributed by atoms with Crippen LogP contribution in [0.2, 0.25) is 0 Å². The fraction of sp³-hybridized carbons (Fsp3) is 0. The van der Waals surface area contributed by atoms with Gasteiger partial charge in [0.2, 0.25) is 0 Å². The van der Waals surface area contributed by atoms with Gasteiger partial charge < -0.3 is 9.13 Å². The van der Waals surface area contributed by atoms with Gasteiger partial charge in [-0.15, -0.1) is 0 Å². The molecule has 0 spiro atoms. The molecule has 0 fully saturated rings. The second kappa shape index (κ2) is 15.0. The molecule has 0 bridgehead atoms. The molecule has 326 valence electrons. The largest absolute Gasteiger partial charge is 0.309 e. The van der Waals surface area contributed by atoms with E-state index in [-0.39, 0.29) is 62.3 Å². The molecule has 0 aliphatic heterocycles. The lowest BCUT2D eigenvalue weighted by molar-refractivity contribution is 0.991. The molecule has 0 amide bonds. The number of para-hydroxylation sites is 8. The van der Waals surface area contributed by atoms with Crippen LogP contribution >= 0.6 is 0 Å². The van der Waals surface area contributed by atoms with E-state index in [9.17, 15) is 8.22 Å². The quantitative estimate of drug-likeness (QED) is 0.167. The molecule has 0 unspecified atom stereocenters. The standard InChI is InChI=1S/C64H40N6/c1-9-27-52-44(18-1)45-19-2-10-28-53(45)67(52)42-38-36-41(37-39-42)43-26-17-35-60(68-54-29-11-3-20-46(54)47-21-4-12-30-55(47)68)63(43)64-65-61(69-56-31-13-5-22-48(56)49-23-6-14-32-57(49)69)40-62(66-64)70-58-33-15-7-24-50(58)51-25-8-16-34-59(51)70/h1-40H/i5D,6D,7D,13D,14D,15D,22D,23D,24D,31D,32D,33D. The third kappa shape index (κ3) is 5.56. The molecule has 0 radical (unpaired) electrons. The SMILES string of the molecule is [2H]c1c([2H])c([2H])c2c(c1[2H])c1ccccc1n2-c1cc(-n2c3c([2H])c([2H])c([2H])c([2H])c3c3c([2H])c([2H])c([2H])c([2H])c32)nc(-c2c(-c3ccc(-n4c5ccccc5c5ccccc54)cc3)cccc2-n2c3ccccc3c3ccccc32)n1. The van der Waals surface area contributed by atoms with Crippen LogP contribution in [0.4, 0.5) is 0 Å². The van der Waals surface area contributed by atoms with Crippen LogP contribution in [0.3, 0.4) is 0 Å². The fourth-order valence-corrected chi connectivity index (χ4v) is 10.7. The van der Waals surface area contributed by atoms with Crippen molar-refractivity contribution in [3.05, 3.63) is 242 Å². The topological polar surface area (TPSA) is 45.5 Å². The van der Waals surface area contributed by atoms with Crippen molar-refractivity contribution < 1.29 is 16.4 Å². The van der Waals surface area contributed by atoms with Crippen LogP contribution < -0.4 is 0 Å². The molecule has 0 saturated heterocycles. The van der Waals surface area contributed by atoms with Crippen molar-refractivity contribution in [1.82, 2.24) is 28.2 Å². The number of hydrogen-bond donors (Lipinski definition) is 0. The maximum atomic E-state index is 9.54. The van der Waals surface area contributed by atoms with Gasteiger partial charge >= 0.3 is 0 Å². The Hall–Kier alpha value is -9.52. The third-order valence-corrected chi connectivity index (χ3v) is 13.6. The Kier molecular flexibility index (Phi) is 6.13. The van der Waals surface area contributed by atoms with Crippen molar-refractivity contribution in [1.29, 1.82) is 0 Å². The zero-order chi connectivity index (χ0) is 56.3. The van der Waals surface area contributed by atoms with Crippen LogP contribution in [0.5, 0.6) is 0 Å². The van der Waals surface area contributed by atoms with Crippen molar-refractivity contribution in [2.45, 2.75) is 0 Å². The van der Waals surface area contributed by atoms with E-state index in [1.54, 1.807) is 28.8 Å². The second-order valence-electron chi connectivity index (χ2n) is 17.3.